The van der Waals surface area contributed by atoms with Gasteiger partial charge in [-0.25, -0.2) is 9.78 Å². The fourth-order valence-electron chi connectivity index (χ4n) is 1.71. The smallest absolute Gasteiger partial charge is 0.324 e. The third-order valence-electron chi connectivity index (χ3n) is 2.59. The molecule has 2 rings (SSSR count). The summed E-state index contributed by atoms with van der Waals surface area (Å²) in [5.41, 5.74) is 5.64. The topological polar surface area (TPSA) is 83.6 Å². The van der Waals surface area contributed by atoms with Gasteiger partial charge in [-0.2, -0.15) is 4.99 Å². The molecule has 0 bridgehead atoms. The fourth-order valence-corrected chi connectivity index (χ4v) is 1.87. The first-order valence-corrected chi connectivity index (χ1v) is 6.05. The summed E-state index contributed by atoms with van der Waals surface area (Å²) in [5, 5.41) is 2.90. The van der Waals surface area contributed by atoms with Gasteiger partial charge in [0.2, 0.25) is 5.96 Å². The van der Waals surface area contributed by atoms with E-state index in [1.165, 1.54) is 0 Å². The number of rotatable bonds is 1. The fraction of sp³-hybridized carbons (Fsp3) is 0.364. The van der Waals surface area contributed by atoms with Crippen molar-refractivity contribution in [2.24, 2.45) is 10.7 Å². The summed E-state index contributed by atoms with van der Waals surface area (Å²) in [4.78, 5) is 21.3. The number of amides is 2. The first-order chi connectivity index (χ1) is 8.66. The minimum Gasteiger partial charge on any atom is -0.369 e. The lowest BCUT2D eigenvalue weighted by Crippen LogP contribution is -2.44. The number of nitrogens with zero attached hydrogens (tertiary/aromatic N) is 3. The third-order valence-corrected chi connectivity index (χ3v) is 2.89. The molecule has 2 amide bonds. The van der Waals surface area contributed by atoms with Gasteiger partial charge in [-0.15, -0.1) is 0 Å². The van der Waals surface area contributed by atoms with Crippen LogP contribution in [-0.2, 0) is 0 Å². The minimum atomic E-state index is -0.235. The van der Waals surface area contributed by atoms with Crippen molar-refractivity contribution in [3.63, 3.8) is 0 Å². The van der Waals surface area contributed by atoms with Crippen molar-refractivity contribution >= 4 is 29.4 Å². The van der Waals surface area contributed by atoms with Gasteiger partial charge in [0.25, 0.3) is 0 Å². The van der Waals surface area contributed by atoms with Crippen LogP contribution in [0.3, 0.4) is 0 Å². The van der Waals surface area contributed by atoms with Crippen molar-refractivity contribution in [2.75, 3.05) is 13.1 Å². The molecule has 1 aromatic rings. The number of halogens is 1. The maximum Gasteiger partial charge on any atom is 0.324 e. The summed E-state index contributed by atoms with van der Waals surface area (Å²) in [6, 6.07) is 3.12. The number of guanidine groups is 1. The molecule has 7 heteroatoms. The summed E-state index contributed by atoms with van der Waals surface area (Å²) in [6.45, 7) is 1.51. The van der Waals surface area contributed by atoms with Gasteiger partial charge in [0.05, 0.1) is 5.02 Å². The lowest BCUT2D eigenvalue weighted by molar-refractivity contribution is 0.214. The van der Waals surface area contributed by atoms with Crippen LogP contribution in [0.5, 0.6) is 0 Å². The van der Waals surface area contributed by atoms with E-state index in [0.29, 0.717) is 10.8 Å². The zero-order chi connectivity index (χ0) is 13.0. The molecule has 1 saturated heterocycles. The molecule has 2 heterocycles. The van der Waals surface area contributed by atoms with E-state index in [1.54, 1.807) is 23.2 Å². The molecule has 96 valence electrons. The Hall–Kier alpha value is -1.82. The van der Waals surface area contributed by atoms with Crippen molar-refractivity contribution in [2.45, 2.75) is 12.8 Å². The largest absolute Gasteiger partial charge is 0.369 e. The van der Waals surface area contributed by atoms with Gasteiger partial charge in [-0.05, 0) is 25.0 Å². The Morgan fingerprint density at radius 1 is 1.50 bits per heavy atom. The summed E-state index contributed by atoms with van der Waals surface area (Å²) >= 11 is 5.88. The zero-order valence-electron chi connectivity index (χ0n) is 9.77. The average molecular weight is 268 g/mol. The standard InChI is InChI=1S/C11H14ClN5O/c12-8-4-3-5-14-9(8)15-10(13)16-11(18)17-6-1-2-7-17/h3-5H,1-2,6-7H2,(H3,13,14,15,16,18). The zero-order valence-corrected chi connectivity index (χ0v) is 10.5. The molecule has 1 aliphatic rings. The molecule has 1 aromatic heterocycles. The SMILES string of the molecule is N/C(=N\c1ncccc1Cl)NC(=O)N1CCCC1. The number of nitrogens with one attached hydrogen (secondary N) is 1. The highest BCUT2D eigenvalue weighted by Crippen LogP contribution is 2.20. The van der Waals surface area contributed by atoms with E-state index < -0.39 is 0 Å². The van der Waals surface area contributed by atoms with E-state index in [9.17, 15) is 4.79 Å². The number of carbonyl (C=O) groups excluding carboxylic acids is 1. The molecule has 0 aliphatic carbocycles. The van der Waals surface area contributed by atoms with Crippen molar-refractivity contribution in [3.8, 4) is 0 Å². The molecule has 18 heavy (non-hydrogen) atoms. The third kappa shape index (κ3) is 3.10. The Bertz CT molecular complexity index is 470. The van der Waals surface area contributed by atoms with Crippen molar-refractivity contribution in [3.05, 3.63) is 23.4 Å². The summed E-state index contributed by atoms with van der Waals surface area (Å²) in [7, 11) is 0. The van der Waals surface area contributed by atoms with Crippen LogP contribution in [0.25, 0.3) is 0 Å². The minimum absolute atomic E-state index is 0.00694. The molecule has 0 atom stereocenters. The van der Waals surface area contributed by atoms with E-state index in [2.05, 4.69) is 15.3 Å². The quantitative estimate of drug-likeness (QED) is 0.597. The van der Waals surface area contributed by atoms with Crippen LogP contribution in [0.1, 0.15) is 12.8 Å². The molecule has 0 unspecified atom stereocenters. The van der Waals surface area contributed by atoms with Crippen LogP contribution in [0.2, 0.25) is 5.02 Å². The van der Waals surface area contributed by atoms with Crippen molar-refractivity contribution < 1.29 is 4.79 Å². The lowest BCUT2D eigenvalue weighted by atomic mass is 10.4. The van der Waals surface area contributed by atoms with E-state index >= 15 is 0 Å². The Morgan fingerprint density at radius 2 is 2.22 bits per heavy atom. The molecule has 6 nitrogen and oxygen atoms in total. The number of hydrogen-bond donors (Lipinski definition) is 2. The number of urea groups is 1. The first-order valence-electron chi connectivity index (χ1n) is 5.67. The van der Waals surface area contributed by atoms with E-state index in [4.69, 9.17) is 17.3 Å². The summed E-state index contributed by atoms with van der Waals surface area (Å²) < 4.78 is 0. The van der Waals surface area contributed by atoms with Crippen LogP contribution >= 0.6 is 11.6 Å². The molecule has 1 aliphatic heterocycles. The van der Waals surface area contributed by atoms with Gasteiger partial charge in [-0.3, -0.25) is 5.32 Å². The number of carbonyl (C=O) groups is 1. The van der Waals surface area contributed by atoms with Crippen molar-refractivity contribution in [1.82, 2.24) is 15.2 Å². The number of nitrogens with two attached hydrogens (primary N) is 1. The Labute approximate surface area is 110 Å². The second-order valence-electron chi connectivity index (χ2n) is 3.93. The van der Waals surface area contributed by atoms with Crippen LogP contribution in [0.15, 0.2) is 23.3 Å². The van der Waals surface area contributed by atoms with Crippen LogP contribution < -0.4 is 11.1 Å². The van der Waals surface area contributed by atoms with Gasteiger partial charge < -0.3 is 10.6 Å². The number of likely N-dealkylation sites (tertiary alicyclic amines) is 1. The molecular formula is C11H14ClN5O. The highest BCUT2D eigenvalue weighted by atomic mass is 35.5. The van der Waals surface area contributed by atoms with Gasteiger partial charge in [0.1, 0.15) is 0 Å². The van der Waals surface area contributed by atoms with Crippen LogP contribution in [-0.4, -0.2) is 35.0 Å². The Balaban J connectivity index is 2.01. The highest BCUT2D eigenvalue weighted by molar-refractivity contribution is 6.32. The monoisotopic (exact) mass is 267 g/mol. The van der Waals surface area contributed by atoms with E-state index in [0.717, 1.165) is 25.9 Å². The van der Waals surface area contributed by atoms with E-state index in [1.807, 2.05) is 0 Å². The lowest BCUT2D eigenvalue weighted by Gasteiger charge is -2.15. The number of pyridine rings is 1. The summed E-state index contributed by atoms with van der Waals surface area (Å²) in [5.74, 6) is 0.283. The molecule has 0 radical (unpaired) electrons. The molecule has 0 saturated carbocycles. The average Bonchev–Trinajstić information content (AvgIpc) is 2.85. The second-order valence-corrected chi connectivity index (χ2v) is 4.34. The number of hydrogen-bond acceptors (Lipinski definition) is 3. The Morgan fingerprint density at radius 3 is 2.89 bits per heavy atom. The maximum absolute atomic E-state index is 11.7. The molecule has 1 fully saturated rings. The molecule has 3 N–H and O–H groups in total. The first kappa shape index (κ1) is 12.6. The maximum atomic E-state index is 11.7. The normalized spacial score (nSPS) is 15.8. The Kier molecular flexibility index (Phi) is 3.99. The van der Waals surface area contributed by atoms with Gasteiger partial charge in [0, 0.05) is 19.3 Å². The van der Waals surface area contributed by atoms with Gasteiger partial charge >= 0.3 is 6.03 Å². The van der Waals surface area contributed by atoms with E-state index in [-0.39, 0.29) is 12.0 Å². The summed E-state index contributed by atoms with van der Waals surface area (Å²) in [6.07, 6.45) is 3.60. The number of aromatic nitrogens is 1. The molecule has 0 spiro atoms. The highest BCUT2D eigenvalue weighted by Gasteiger charge is 2.18. The van der Waals surface area contributed by atoms with Gasteiger partial charge in [-0.1, -0.05) is 11.6 Å². The predicted molar refractivity (Wildman–Crippen MR) is 69.9 cm³/mol. The van der Waals surface area contributed by atoms with Gasteiger partial charge in [0.15, 0.2) is 5.82 Å². The molecule has 0 aromatic carbocycles. The number of aliphatic imine (C=N–C) groups is 1. The molecular weight excluding hydrogens is 254 g/mol. The second kappa shape index (κ2) is 5.68. The predicted octanol–water partition coefficient (Wildman–Crippen LogP) is 1.49. The van der Waals surface area contributed by atoms with Crippen LogP contribution in [0.4, 0.5) is 10.6 Å². The van der Waals surface area contributed by atoms with Crippen molar-refractivity contribution in [1.29, 1.82) is 0 Å². The van der Waals surface area contributed by atoms with Crippen LogP contribution in [0, 0.1) is 0 Å².